The molecule has 0 amide bonds. The summed E-state index contributed by atoms with van der Waals surface area (Å²) in [5.41, 5.74) is 2.56. The van der Waals surface area contributed by atoms with Gasteiger partial charge in [0.15, 0.2) is 0 Å². The van der Waals surface area contributed by atoms with Gasteiger partial charge in [-0.05, 0) is 12.8 Å². The largest absolute Gasteiger partial charge is 0.353 e. The third kappa shape index (κ3) is 5.80. The third-order valence-electron chi connectivity index (χ3n) is 2.24. The van der Waals surface area contributed by atoms with Crippen LogP contribution in [0.1, 0.15) is 46.0 Å². The molecule has 84 valence electrons. The van der Waals surface area contributed by atoms with Crippen LogP contribution in [0, 0.1) is 0 Å². The lowest BCUT2D eigenvalue weighted by atomic mass is 10.1. The Morgan fingerprint density at radius 2 is 2.00 bits per heavy atom. The minimum Gasteiger partial charge on any atom is -0.353 e. The Morgan fingerprint density at radius 1 is 1.29 bits per heavy atom. The van der Waals surface area contributed by atoms with E-state index >= 15 is 0 Å². The van der Waals surface area contributed by atoms with Gasteiger partial charge in [-0.15, -0.1) is 0 Å². The van der Waals surface area contributed by atoms with E-state index < -0.39 is 0 Å². The van der Waals surface area contributed by atoms with Gasteiger partial charge in [0.05, 0.1) is 0 Å². The first-order valence-electron chi connectivity index (χ1n) is 5.48. The molecule has 0 aromatic rings. The molecule has 0 aliphatic rings. The van der Waals surface area contributed by atoms with Crippen LogP contribution in [0.3, 0.4) is 0 Å². The van der Waals surface area contributed by atoms with Crippen molar-refractivity contribution < 1.29 is 0 Å². The second kappa shape index (κ2) is 8.81. The van der Waals surface area contributed by atoms with Crippen LogP contribution in [0.25, 0.3) is 0 Å². The monoisotopic (exact) mass is 200 g/mol. The normalized spacial score (nSPS) is 13.9. The molecular formula is C10H24N4. The van der Waals surface area contributed by atoms with Crippen LogP contribution in [0.4, 0.5) is 0 Å². The van der Waals surface area contributed by atoms with Crippen molar-refractivity contribution in [1.29, 1.82) is 0 Å². The molecule has 0 radical (unpaired) electrons. The SMILES string of the molecule is CCCCC(CCC)NC(=NC)NN. The minimum atomic E-state index is 0.495. The van der Waals surface area contributed by atoms with Crippen LogP contribution < -0.4 is 16.6 Å². The van der Waals surface area contributed by atoms with Crippen LogP contribution in [-0.4, -0.2) is 19.0 Å². The van der Waals surface area contributed by atoms with Gasteiger partial charge in [0, 0.05) is 13.1 Å². The van der Waals surface area contributed by atoms with E-state index in [-0.39, 0.29) is 0 Å². The maximum atomic E-state index is 5.31. The molecule has 0 aliphatic heterocycles. The highest BCUT2D eigenvalue weighted by Crippen LogP contribution is 2.06. The number of unbranched alkanes of at least 4 members (excludes halogenated alkanes) is 1. The first-order chi connectivity index (χ1) is 6.78. The van der Waals surface area contributed by atoms with Crippen molar-refractivity contribution >= 4 is 5.96 Å². The van der Waals surface area contributed by atoms with Crippen LogP contribution in [-0.2, 0) is 0 Å². The van der Waals surface area contributed by atoms with Gasteiger partial charge in [0.2, 0.25) is 5.96 Å². The highest BCUT2D eigenvalue weighted by atomic mass is 15.3. The Hall–Kier alpha value is -0.770. The Balaban J connectivity index is 3.93. The molecule has 14 heavy (non-hydrogen) atoms. The van der Waals surface area contributed by atoms with E-state index in [1.54, 1.807) is 7.05 Å². The van der Waals surface area contributed by atoms with E-state index in [1.165, 1.54) is 32.1 Å². The molecule has 0 heterocycles. The third-order valence-corrected chi connectivity index (χ3v) is 2.24. The second-order valence-corrected chi connectivity index (χ2v) is 3.49. The second-order valence-electron chi connectivity index (χ2n) is 3.49. The highest BCUT2D eigenvalue weighted by molar-refractivity contribution is 5.79. The molecule has 4 N–H and O–H groups in total. The van der Waals surface area contributed by atoms with Gasteiger partial charge >= 0.3 is 0 Å². The summed E-state index contributed by atoms with van der Waals surface area (Å²) in [6.07, 6.45) is 6.02. The quantitative estimate of drug-likeness (QED) is 0.263. The van der Waals surface area contributed by atoms with Crippen molar-refractivity contribution in [2.75, 3.05) is 7.05 Å². The summed E-state index contributed by atoms with van der Waals surface area (Å²) in [6.45, 7) is 4.40. The number of nitrogens with zero attached hydrogens (tertiary/aromatic N) is 1. The molecule has 0 aliphatic carbocycles. The standard InChI is InChI=1S/C10H24N4/c1-4-6-8-9(7-5-2)13-10(12-3)14-11/h9H,4-8,11H2,1-3H3,(H2,12,13,14). The zero-order valence-corrected chi connectivity index (χ0v) is 9.64. The number of nitrogens with two attached hydrogens (primary N) is 1. The van der Waals surface area contributed by atoms with E-state index in [2.05, 4.69) is 29.6 Å². The molecule has 0 saturated carbocycles. The summed E-state index contributed by atoms with van der Waals surface area (Å²) in [5, 5.41) is 3.30. The van der Waals surface area contributed by atoms with Crippen molar-refractivity contribution in [2.45, 2.75) is 52.0 Å². The predicted octanol–water partition coefficient (Wildman–Crippen LogP) is 1.38. The smallest absolute Gasteiger partial charge is 0.205 e. The predicted molar refractivity (Wildman–Crippen MR) is 62.0 cm³/mol. The van der Waals surface area contributed by atoms with Gasteiger partial charge in [0.1, 0.15) is 0 Å². The number of hydrogen-bond acceptors (Lipinski definition) is 2. The van der Waals surface area contributed by atoms with Gasteiger partial charge in [-0.25, -0.2) is 5.84 Å². The molecule has 1 unspecified atom stereocenters. The number of guanidine groups is 1. The maximum Gasteiger partial charge on any atom is 0.205 e. The fraction of sp³-hybridized carbons (Fsp3) is 0.900. The molecule has 0 aromatic carbocycles. The summed E-state index contributed by atoms with van der Waals surface area (Å²) < 4.78 is 0. The van der Waals surface area contributed by atoms with Crippen molar-refractivity contribution in [2.24, 2.45) is 10.8 Å². The molecule has 0 spiro atoms. The number of rotatable bonds is 6. The molecule has 0 rings (SSSR count). The minimum absolute atomic E-state index is 0.495. The Morgan fingerprint density at radius 3 is 2.43 bits per heavy atom. The number of nitrogens with one attached hydrogen (secondary N) is 2. The molecule has 1 atom stereocenters. The van der Waals surface area contributed by atoms with Crippen LogP contribution >= 0.6 is 0 Å². The fourth-order valence-corrected chi connectivity index (χ4v) is 1.45. The number of hydrazine groups is 1. The van der Waals surface area contributed by atoms with Crippen molar-refractivity contribution in [1.82, 2.24) is 10.7 Å². The lowest BCUT2D eigenvalue weighted by molar-refractivity contribution is 0.489. The molecule has 0 bridgehead atoms. The van der Waals surface area contributed by atoms with E-state index in [0.717, 1.165) is 0 Å². The van der Waals surface area contributed by atoms with Crippen LogP contribution in [0.15, 0.2) is 4.99 Å². The lowest BCUT2D eigenvalue weighted by Gasteiger charge is -2.19. The van der Waals surface area contributed by atoms with Crippen molar-refractivity contribution in [3.05, 3.63) is 0 Å². The Bertz CT molecular complexity index is 156. The summed E-state index contributed by atoms with van der Waals surface area (Å²) in [4.78, 5) is 4.01. The summed E-state index contributed by atoms with van der Waals surface area (Å²) >= 11 is 0. The molecule has 0 saturated heterocycles. The van der Waals surface area contributed by atoms with Gasteiger partial charge in [-0.2, -0.15) is 0 Å². The molecule has 4 nitrogen and oxygen atoms in total. The number of hydrogen-bond donors (Lipinski definition) is 3. The van der Waals surface area contributed by atoms with Crippen molar-refractivity contribution in [3.63, 3.8) is 0 Å². The topological polar surface area (TPSA) is 62.4 Å². The summed E-state index contributed by atoms with van der Waals surface area (Å²) in [6, 6.07) is 0.495. The van der Waals surface area contributed by atoms with Crippen LogP contribution in [0.5, 0.6) is 0 Å². The van der Waals surface area contributed by atoms with Gasteiger partial charge in [-0.3, -0.25) is 10.4 Å². The van der Waals surface area contributed by atoms with Crippen LogP contribution in [0.2, 0.25) is 0 Å². The summed E-state index contributed by atoms with van der Waals surface area (Å²) in [5.74, 6) is 5.99. The van der Waals surface area contributed by atoms with Gasteiger partial charge < -0.3 is 5.32 Å². The molecule has 0 aromatic heterocycles. The van der Waals surface area contributed by atoms with Gasteiger partial charge in [-0.1, -0.05) is 33.1 Å². The Kier molecular flexibility index (Phi) is 8.33. The van der Waals surface area contributed by atoms with E-state index in [9.17, 15) is 0 Å². The number of aliphatic imine (C=N–C) groups is 1. The van der Waals surface area contributed by atoms with E-state index in [4.69, 9.17) is 5.84 Å². The zero-order valence-electron chi connectivity index (χ0n) is 9.64. The average Bonchev–Trinajstić information content (AvgIpc) is 2.22. The zero-order chi connectivity index (χ0) is 10.8. The maximum absolute atomic E-state index is 5.31. The van der Waals surface area contributed by atoms with E-state index in [0.29, 0.717) is 12.0 Å². The average molecular weight is 200 g/mol. The van der Waals surface area contributed by atoms with Crippen molar-refractivity contribution in [3.8, 4) is 0 Å². The fourth-order valence-electron chi connectivity index (χ4n) is 1.45. The summed E-state index contributed by atoms with van der Waals surface area (Å²) in [7, 11) is 1.73. The Labute approximate surface area is 87.3 Å². The highest BCUT2D eigenvalue weighted by Gasteiger charge is 2.07. The lowest BCUT2D eigenvalue weighted by Crippen LogP contribution is -2.46. The van der Waals surface area contributed by atoms with E-state index in [1.807, 2.05) is 0 Å². The first kappa shape index (κ1) is 13.2. The first-order valence-corrected chi connectivity index (χ1v) is 5.48. The molecule has 4 heteroatoms. The molecular weight excluding hydrogens is 176 g/mol. The molecule has 0 fully saturated rings. The van der Waals surface area contributed by atoms with Gasteiger partial charge in [0.25, 0.3) is 0 Å².